The van der Waals surface area contributed by atoms with E-state index in [1.165, 1.54) is 30.3 Å². The summed E-state index contributed by atoms with van der Waals surface area (Å²) in [5.74, 6) is 5.69. The topological polar surface area (TPSA) is 0 Å². The fourth-order valence-electron chi connectivity index (χ4n) is 8.66. The van der Waals surface area contributed by atoms with Crippen LogP contribution in [0, 0.1) is 44.4 Å². The summed E-state index contributed by atoms with van der Waals surface area (Å²) in [7, 11) is 7.62. The first-order chi connectivity index (χ1) is 14.3. The molecule has 0 aliphatic heterocycles. The number of rotatable bonds is 6. The second-order valence-corrected chi connectivity index (χ2v) is 32.5. The van der Waals surface area contributed by atoms with Gasteiger partial charge in [0.15, 0.2) is 0 Å². The van der Waals surface area contributed by atoms with Crippen LogP contribution in [0.4, 0.5) is 0 Å². The second-order valence-electron chi connectivity index (χ2n) is 12.6. The normalized spacial score (nSPS) is 36.0. The predicted molar refractivity (Wildman–Crippen MR) is 150 cm³/mol. The molecule has 32 heavy (non-hydrogen) atoms. The van der Waals surface area contributed by atoms with Crippen LogP contribution < -0.4 is 0 Å². The van der Waals surface area contributed by atoms with Gasteiger partial charge in [-0.15, -0.1) is 0 Å². The van der Waals surface area contributed by atoms with E-state index in [0.717, 1.165) is 29.6 Å². The van der Waals surface area contributed by atoms with Crippen LogP contribution in [0.25, 0.3) is 0 Å². The molecule has 4 fully saturated rings. The van der Waals surface area contributed by atoms with E-state index in [2.05, 4.69) is 33.1 Å². The SMILES string of the molecule is CCCCC1CCC([Si](C)(C)[Si](C)(C)C2CCC3CC4CCCC4CC32)C1.[CH3-].[CH3-].[Cl][Zr+2][Cl]. The van der Waals surface area contributed by atoms with E-state index in [-0.39, 0.29) is 14.9 Å². The second kappa shape index (κ2) is 14.0. The molecule has 0 amide bonds. The number of halogens is 2. The van der Waals surface area contributed by atoms with Crippen molar-refractivity contribution in [1.82, 2.24) is 0 Å². The Kier molecular flexibility index (Phi) is 14.0. The van der Waals surface area contributed by atoms with E-state index in [0.29, 0.717) is 0 Å². The first kappa shape index (κ1) is 31.9. The minimum absolute atomic E-state index is 0. The predicted octanol–water partition coefficient (Wildman–Crippen LogP) is 10.7. The van der Waals surface area contributed by atoms with Gasteiger partial charge in [-0.2, -0.15) is 0 Å². The monoisotopic (exact) mass is 594 g/mol. The standard InChI is InChI=1S/C25H48Si2.2CH3.2ClH.Zr/c1-6-7-9-19-12-14-23(16-19)26(2,3)27(4,5)25-15-13-22-17-20-10-8-11-21(20)18-24(22)25;;;;;/h19-25H,6-18H2,1-5H3;2*1H3;2*1H;/q;2*-1;;;+4/p-2. The van der Waals surface area contributed by atoms with Gasteiger partial charge in [0.2, 0.25) is 0 Å². The number of fused-ring (bicyclic) bond motifs is 2. The summed E-state index contributed by atoms with van der Waals surface area (Å²) in [6.07, 6.45) is 20.5. The van der Waals surface area contributed by atoms with Crippen LogP contribution in [-0.2, 0) is 20.8 Å². The Balaban J connectivity index is 0.000000971. The molecule has 0 aromatic carbocycles. The molecule has 4 rings (SSSR count). The Morgan fingerprint density at radius 1 is 0.750 bits per heavy atom. The van der Waals surface area contributed by atoms with Crippen LogP contribution in [0.2, 0.25) is 37.3 Å². The molecule has 188 valence electrons. The molecule has 4 saturated carbocycles. The van der Waals surface area contributed by atoms with Crippen LogP contribution >= 0.6 is 17.0 Å². The fourth-order valence-corrected chi connectivity index (χ4v) is 22.7. The van der Waals surface area contributed by atoms with Crippen molar-refractivity contribution in [2.75, 3.05) is 0 Å². The molecule has 4 aliphatic carbocycles. The summed E-state index contributed by atoms with van der Waals surface area (Å²) in [6.45, 7) is 13.9. The van der Waals surface area contributed by atoms with Gasteiger partial charge in [0.05, 0.1) is 0 Å². The van der Waals surface area contributed by atoms with Gasteiger partial charge in [-0.25, -0.2) is 0 Å². The summed E-state index contributed by atoms with van der Waals surface area (Å²) in [4.78, 5) is 0. The van der Waals surface area contributed by atoms with E-state index < -0.39 is 36.0 Å². The summed E-state index contributed by atoms with van der Waals surface area (Å²) in [5.41, 5.74) is 2.36. The average Bonchev–Trinajstić information content (AvgIpc) is 3.43. The van der Waals surface area contributed by atoms with Gasteiger partial charge < -0.3 is 14.9 Å². The first-order valence-electron chi connectivity index (χ1n) is 13.2. The van der Waals surface area contributed by atoms with E-state index in [1.807, 2.05) is 0 Å². The zero-order valence-corrected chi connectivity index (χ0v) is 28.5. The molecule has 0 heterocycles. The van der Waals surface area contributed by atoms with Gasteiger partial charge in [0, 0.05) is 15.2 Å². The molecular formula is C27H54Cl2Si2Zr. The third kappa shape index (κ3) is 6.80. The number of hydrogen-bond donors (Lipinski definition) is 0. The van der Waals surface area contributed by atoms with Crippen molar-refractivity contribution < 1.29 is 20.8 Å². The first-order valence-corrected chi connectivity index (χ1v) is 26.7. The van der Waals surface area contributed by atoms with Crippen molar-refractivity contribution in [1.29, 1.82) is 0 Å². The molecule has 4 aliphatic rings. The molecule has 0 bridgehead atoms. The van der Waals surface area contributed by atoms with Gasteiger partial charge in [-0.1, -0.05) is 104 Å². The molecule has 0 N–H and O–H groups in total. The van der Waals surface area contributed by atoms with Crippen LogP contribution in [0.5, 0.6) is 0 Å². The van der Waals surface area contributed by atoms with Crippen LogP contribution in [0.3, 0.4) is 0 Å². The molecule has 7 atom stereocenters. The average molecular weight is 597 g/mol. The summed E-state index contributed by atoms with van der Waals surface area (Å²) >= 11 is -0.826. The zero-order valence-electron chi connectivity index (χ0n) is 22.5. The Labute approximate surface area is 223 Å². The molecule has 0 aromatic heterocycles. The van der Waals surface area contributed by atoms with Crippen molar-refractivity contribution in [3.63, 3.8) is 0 Å². The molecule has 0 aromatic rings. The maximum atomic E-state index is 4.93. The van der Waals surface area contributed by atoms with E-state index >= 15 is 0 Å². The van der Waals surface area contributed by atoms with Crippen molar-refractivity contribution >= 4 is 32.2 Å². The van der Waals surface area contributed by atoms with Crippen LogP contribution in [0.1, 0.15) is 90.4 Å². The third-order valence-electron chi connectivity index (χ3n) is 11.1. The Morgan fingerprint density at radius 3 is 2.00 bits per heavy atom. The number of hydrogen-bond acceptors (Lipinski definition) is 0. The van der Waals surface area contributed by atoms with Crippen molar-refractivity contribution in [2.24, 2.45) is 29.6 Å². The summed E-state index contributed by atoms with van der Waals surface area (Å²) in [6, 6.07) is 0. The van der Waals surface area contributed by atoms with Crippen LogP contribution in [-0.4, -0.2) is 15.2 Å². The quantitative estimate of drug-likeness (QED) is 0.211. The van der Waals surface area contributed by atoms with Gasteiger partial charge in [-0.3, -0.25) is 0 Å². The van der Waals surface area contributed by atoms with Crippen molar-refractivity contribution in [3.8, 4) is 0 Å². The summed E-state index contributed by atoms with van der Waals surface area (Å²) < 4.78 is 0. The van der Waals surface area contributed by atoms with Gasteiger partial charge in [0.1, 0.15) is 0 Å². The van der Waals surface area contributed by atoms with E-state index in [9.17, 15) is 0 Å². The number of unbranched alkanes of at least 4 members (excludes halogenated alkanes) is 1. The Hall–Kier alpha value is 1.90. The molecule has 7 unspecified atom stereocenters. The van der Waals surface area contributed by atoms with E-state index in [1.54, 1.807) is 64.2 Å². The van der Waals surface area contributed by atoms with Gasteiger partial charge in [0.25, 0.3) is 0 Å². The molecule has 0 spiro atoms. The van der Waals surface area contributed by atoms with Gasteiger partial charge in [-0.05, 0) is 53.5 Å². The molecule has 0 radical (unpaired) electrons. The zero-order chi connectivity index (χ0) is 21.9. The van der Waals surface area contributed by atoms with Gasteiger partial charge >= 0.3 is 37.9 Å². The van der Waals surface area contributed by atoms with E-state index in [4.69, 9.17) is 17.0 Å². The summed E-state index contributed by atoms with van der Waals surface area (Å²) in [5, 5.41) is 0. The molecule has 0 saturated heterocycles. The fraction of sp³-hybridized carbons (Fsp3) is 0.926. The molecule has 5 heteroatoms. The van der Waals surface area contributed by atoms with Crippen molar-refractivity contribution in [3.05, 3.63) is 14.9 Å². The van der Waals surface area contributed by atoms with Crippen LogP contribution in [0.15, 0.2) is 0 Å². The maximum absolute atomic E-state index is 4.93. The Bertz CT molecular complexity index is 542. The van der Waals surface area contributed by atoms with Crippen molar-refractivity contribution in [2.45, 2.75) is 128 Å². The minimum atomic E-state index is -1.14. The third-order valence-corrected chi connectivity index (χ3v) is 31.8. The molecule has 0 nitrogen and oxygen atoms in total. The molecular weight excluding hydrogens is 543 g/mol. The Morgan fingerprint density at radius 2 is 1.38 bits per heavy atom.